The largest absolute Gasteiger partial charge is 0.493 e. The van der Waals surface area contributed by atoms with Gasteiger partial charge in [0.1, 0.15) is 0 Å². The van der Waals surface area contributed by atoms with Crippen molar-refractivity contribution in [1.82, 2.24) is 5.32 Å². The minimum atomic E-state index is 0.499. The van der Waals surface area contributed by atoms with Gasteiger partial charge in [0, 0.05) is 12.6 Å². The summed E-state index contributed by atoms with van der Waals surface area (Å²) in [6.07, 6.45) is 7.15. The second-order valence-corrected chi connectivity index (χ2v) is 5.69. The topological polar surface area (TPSA) is 68.9 Å². The van der Waals surface area contributed by atoms with Gasteiger partial charge in [-0.3, -0.25) is 4.99 Å². The molecule has 1 fully saturated rings. The predicted octanol–water partition coefficient (Wildman–Crippen LogP) is 2.48. The van der Waals surface area contributed by atoms with Crippen molar-refractivity contribution in [2.45, 2.75) is 44.6 Å². The van der Waals surface area contributed by atoms with E-state index >= 15 is 0 Å². The summed E-state index contributed by atoms with van der Waals surface area (Å²) in [5.41, 5.74) is 7.12. The summed E-state index contributed by atoms with van der Waals surface area (Å²) in [7, 11) is 3.28. The van der Waals surface area contributed by atoms with E-state index in [1.807, 2.05) is 18.2 Å². The average molecular weight is 305 g/mol. The number of guanidine groups is 1. The van der Waals surface area contributed by atoms with Crippen LogP contribution in [0.2, 0.25) is 0 Å². The maximum Gasteiger partial charge on any atom is 0.188 e. The van der Waals surface area contributed by atoms with Crippen LogP contribution in [-0.4, -0.2) is 32.8 Å². The third kappa shape index (κ3) is 4.83. The minimum Gasteiger partial charge on any atom is -0.493 e. The fourth-order valence-corrected chi connectivity index (χ4v) is 2.84. The molecule has 5 nitrogen and oxygen atoms in total. The summed E-state index contributed by atoms with van der Waals surface area (Å²) >= 11 is 0. The number of nitrogens with zero attached hydrogens (tertiary/aromatic N) is 1. The van der Waals surface area contributed by atoms with Gasteiger partial charge in [0.15, 0.2) is 17.5 Å². The van der Waals surface area contributed by atoms with Crippen molar-refractivity contribution < 1.29 is 9.47 Å². The quantitative estimate of drug-likeness (QED) is 0.626. The van der Waals surface area contributed by atoms with Crippen LogP contribution in [0.4, 0.5) is 0 Å². The van der Waals surface area contributed by atoms with Gasteiger partial charge in [-0.1, -0.05) is 25.3 Å². The lowest BCUT2D eigenvalue weighted by molar-refractivity contribution is 0.354. The number of methoxy groups -OCH3 is 2. The molecule has 3 N–H and O–H groups in total. The molecule has 0 amide bonds. The van der Waals surface area contributed by atoms with E-state index in [0.717, 1.165) is 23.5 Å². The molecule has 5 heteroatoms. The van der Waals surface area contributed by atoms with Crippen molar-refractivity contribution in [3.05, 3.63) is 23.8 Å². The first kappa shape index (κ1) is 16.5. The van der Waals surface area contributed by atoms with Crippen LogP contribution >= 0.6 is 0 Å². The highest BCUT2D eigenvalue weighted by atomic mass is 16.5. The molecule has 1 saturated carbocycles. The Bertz CT molecular complexity index is 497. The zero-order valence-corrected chi connectivity index (χ0v) is 13.6. The maximum atomic E-state index is 5.96. The van der Waals surface area contributed by atoms with Crippen LogP contribution in [0.3, 0.4) is 0 Å². The summed E-state index contributed by atoms with van der Waals surface area (Å²) < 4.78 is 10.5. The predicted molar refractivity (Wildman–Crippen MR) is 89.7 cm³/mol. The van der Waals surface area contributed by atoms with Crippen LogP contribution in [0.1, 0.15) is 37.7 Å². The van der Waals surface area contributed by atoms with Crippen LogP contribution in [0.5, 0.6) is 11.5 Å². The van der Waals surface area contributed by atoms with Crippen molar-refractivity contribution in [3.63, 3.8) is 0 Å². The van der Waals surface area contributed by atoms with Gasteiger partial charge in [-0.15, -0.1) is 0 Å². The Balaban J connectivity index is 1.82. The van der Waals surface area contributed by atoms with Gasteiger partial charge in [-0.05, 0) is 37.0 Å². The molecule has 0 aliphatic heterocycles. The van der Waals surface area contributed by atoms with Crippen LogP contribution in [0.25, 0.3) is 0 Å². The van der Waals surface area contributed by atoms with Crippen molar-refractivity contribution in [2.75, 3.05) is 20.8 Å². The smallest absolute Gasteiger partial charge is 0.188 e. The van der Waals surface area contributed by atoms with Crippen molar-refractivity contribution in [3.8, 4) is 11.5 Å². The molecule has 0 unspecified atom stereocenters. The molecule has 1 aromatic carbocycles. The molecule has 0 bridgehead atoms. The van der Waals surface area contributed by atoms with Gasteiger partial charge < -0.3 is 20.5 Å². The number of aliphatic imine (C=N–C) groups is 1. The van der Waals surface area contributed by atoms with Crippen molar-refractivity contribution in [1.29, 1.82) is 0 Å². The number of benzene rings is 1. The van der Waals surface area contributed by atoms with Gasteiger partial charge in [0.2, 0.25) is 0 Å². The first-order chi connectivity index (χ1) is 10.7. The van der Waals surface area contributed by atoms with E-state index in [1.165, 1.54) is 32.1 Å². The molecule has 22 heavy (non-hydrogen) atoms. The number of nitrogens with one attached hydrogen (secondary N) is 1. The molecular formula is C17H27N3O2. The fourth-order valence-electron chi connectivity index (χ4n) is 2.84. The van der Waals surface area contributed by atoms with Crippen molar-refractivity contribution in [2.24, 2.45) is 10.7 Å². The Morgan fingerprint density at radius 2 is 1.91 bits per heavy atom. The van der Waals surface area contributed by atoms with Crippen LogP contribution in [-0.2, 0) is 6.42 Å². The van der Waals surface area contributed by atoms with Crippen molar-refractivity contribution >= 4 is 5.96 Å². The van der Waals surface area contributed by atoms with E-state index in [2.05, 4.69) is 10.3 Å². The SMILES string of the molecule is COc1ccc(CCN=C(N)NC2CCCCC2)cc1OC. The lowest BCUT2D eigenvalue weighted by atomic mass is 9.96. The highest BCUT2D eigenvalue weighted by molar-refractivity contribution is 5.78. The molecule has 2 rings (SSSR count). The number of hydrogen-bond acceptors (Lipinski definition) is 3. The summed E-state index contributed by atoms with van der Waals surface area (Å²) in [4.78, 5) is 4.42. The van der Waals surface area contributed by atoms with Gasteiger partial charge in [-0.2, -0.15) is 0 Å². The molecule has 0 radical (unpaired) electrons. The lowest BCUT2D eigenvalue weighted by Gasteiger charge is -2.23. The Morgan fingerprint density at radius 3 is 2.59 bits per heavy atom. The first-order valence-corrected chi connectivity index (χ1v) is 8.00. The van der Waals surface area contributed by atoms with E-state index in [1.54, 1.807) is 14.2 Å². The average Bonchev–Trinajstić information content (AvgIpc) is 2.55. The summed E-state index contributed by atoms with van der Waals surface area (Å²) in [5, 5.41) is 3.33. The Labute approximate surface area is 132 Å². The number of ether oxygens (including phenoxy) is 2. The summed E-state index contributed by atoms with van der Waals surface area (Å²) in [5.74, 6) is 2.05. The zero-order chi connectivity index (χ0) is 15.8. The van der Waals surface area contributed by atoms with Crippen LogP contribution in [0.15, 0.2) is 23.2 Å². The first-order valence-electron chi connectivity index (χ1n) is 8.00. The second kappa shape index (κ2) is 8.51. The molecule has 1 aliphatic rings. The Hall–Kier alpha value is -1.91. The third-order valence-electron chi connectivity index (χ3n) is 4.09. The van der Waals surface area contributed by atoms with Crippen LogP contribution in [0, 0.1) is 0 Å². The lowest BCUT2D eigenvalue weighted by Crippen LogP contribution is -2.41. The highest BCUT2D eigenvalue weighted by Crippen LogP contribution is 2.27. The zero-order valence-electron chi connectivity index (χ0n) is 13.6. The molecular weight excluding hydrogens is 278 g/mol. The number of nitrogens with two attached hydrogens (primary N) is 1. The normalized spacial score (nSPS) is 16.4. The molecule has 1 aliphatic carbocycles. The highest BCUT2D eigenvalue weighted by Gasteiger charge is 2.13. The van der Waals surface area contributed by atoms with Gasteiger partial charge in [-0.25, -0.2) is 0 Å². The molecule has 0 heterocycles. The third-order valence-corrected chi connectivity index (χ3v) is 4.09. The molecule has 0 spiro atoms. The minimum absolute atomic E-state index is 0.499. The summed E-state index contributed by atoms with van der Waals surface area (Å²) in [6.45, 7) is 0.668. The Morgan fingerprint density at radius 1 is 1.18 bits per heavy atom. The van der Waals surface area contributed by atoms with Gasteiger partial charge in [0.05, 0.1) is 14.2 Å². The van der Waals surface area contributed by atoms with E-state index in [0.29, 0.717) is 18.5 Å². The maximum absolute atomic E-state index is 5.96. The fraction of sp³-hybridized carbons (Fsp3) is 0.588. The van der Waals surface area contributed by atoms with Crippen LogP contribution < -0.4 is 20.5 Å². The summed E-state index contributed by atoms with van der Waals surface area (Å²) in [6, 6.07) is 6.43. The second-order valence-electron chi connectivity index (χ2n) is 5.69. The van der Waals surface area contributed by atoms with Gasteiger partial charge >= 0.3 is 0 Å². The number of hydrogen-bond donors (Lipinski definition) is 2. The van der Waals surface area contributed by atoms with E-state index < -0.39 is 0 Å². The number of rotatable bonds is 6. The molecule has 1 aromatic rings. The monoisotopic (exact) mass is 305 g/mol. The molecule has 0 atom stereocenters. The molecule has 0 saturated heterocycles. The van der Waals surface area contributed by atoms with Gasteiger partial charge in [0.25, 0.3) is 0 Å². The van der Waals surface area contributed by atoms with E-state index in [4.69, 9.17) is 15.2 Å². The Kier molecular flexibility index (Phi) is 6.37. The molecule has 122 valence electrons. The molecule has 0 aromatic heterocycles. The van der Waals surface area contributed by atoms with E-state index in [9.17, 15) is 0 Å². The van der Waals surface area contributed by atoms with E-state index in [-0.39, 0.29) is 0 Å². The standard InChI is InChI=1S/C17H27N3O2/c1-21-15-9-8-13(12-16(15)22-2)10-11-19-17(18)20-14-6-4-3-5-7-14/h8-9,12,14H,3-7,10-11H2,1-2H3,(H3,18,19,20).